The van der Waals surface area contributed by atoms with Crippen LogP contribution in [0.1, 0.15) is 239 Å². The Morgan fingerprint density at radius 2 is 0.457 bits per heavy atom. The molecule has 0 saturated heterocycles. The predicted octanol–water partition coefficient (Wildman–Crippen LogP) is 22.2. The van der Waals surface area contributed by atoms with E-state index in [0.29, 0.717) is 12.8 Å². The monoisotopic (exact) mass is 1110 g/mol. The van der Waals surface area contributed by atoms with Gasteiger partial charge in [-0.2, -0.15) is 0 Å². The molecule has 0 spiro atoms. The molecule has 6 nitrogen and oxygen atoms in total. The maximum atomic E-state index is 12.9. The summed E-state index contributed by atoms with van der Waals surface area (Å²) in [5, 5.41) is 0. The zero-order valence-electron chi connectivity index (χ0n) is 51.5. The first-order chi connectivity index (χ1) is 40.0. The van der Waals surface area contributed by atoms with Crippen LogP contribution in [0.15, 0.2) is 194 Å². The molecule has 1 atom stereocenters. The predicted molar refractivity (Wildman–Crippen MR) is 352 cm³/mol. The Morgan fingerprint density at radius 3 is 0.741 bits per heavy atom. The number of esters is 3. The second kappa shape index (κ2) is 66.8. The van der Waals surface area contributed by atoms with Gasteiger partial charge in [0, 0.05) is 19.3 Å². The summed E-state index contributed by atoms with van der Waals surface area (Å²) in [5.74, 6) is -1.03. The fraction of sp³-hybridized carbons (Fsp3) is 0.533. The van der Waals surface area contributed by atoms with E-state index in [0.717, 1.165) is 167 Å². The van der Waals surface area contributed by atoms with Crippen LogP contribution in [-0.4, -0.2) is 37.2 Å². The van der Waals surface area contributed by atoms with Gasteiger partial charge < -0.3 is 14.2 Å². The van der Waals surface area contributed by atoms with E-state index in [9.17, 15) is 14.4 Å². The van der Waals surface area contributed by atoms with Crippen LogP contribution in [0.2, 0.25) is 0 Å². The van der Waals surface area contributed by atoms with Crippen molar-refractivity contribution in [1.29, 1.82) is 0 Å². The largest absolute Gasteiger partial charge is 0.462 e. The first kappa shape index (κ1) is 75.2. The van der Waals surface area contributed by atoms with E-state index in [-0.39, 0.29) is 44.0 Å². The Bertz CT molecular complexity index is 1950. The number of hydrogen-bond donors (Lipinski definition) is 0. The zero-order chi connectivity index (χ0) is 58.5. The summed E-state index contributed by atoms with van der Waals surface area (Å²) >= 11 is 0. The molecule has 1 unspecified atom stereocenters. The Labute approximate surface area is 497 Å². The third-order valence-electron chi connectivity index (χ3n) is 12.6. The first-order valence-corrected chi connectivity index (χ1v) is 31.9. The van der Waals surface area contributed by atoms with Gasteiger partial charge in [0.1, 0.15) is 13.2 Å². The molecule has 0 fully saturated rings. The standard InChI is InChI=1S/C75H114O6/c1-4-7-10-13-16-19-22-25-28-31-32-33-34-35-36-37-38-39-40-41-42-45-47-50-53-56-59-62-65-68-74(77)80-71-72(81-75(78)69-66-63-60-57-54-51-48-44-30-27-24-21-18-15-12-9-6-3)70-79-73(76)67-64-61-58-55-52-49-46-43-29-26-23-20-17-14-11-8-5-2/h7-12,16-21,25-30,32-33,35-36,38-39,41-42,47-48,50-51,56,59,72H,4-6,13-15,22-24,31,34,37,40,43-46,49,52-55,57-58,60-71H2,1-3H3/b10-7-,11-8-,12-9-,19-16-,20-17-,21-18-,28-25-,29-26-,30-27-,33-32-,36-35-,39-38-,42-41-,50-47-,51-48-,59-56-. The molecule has 81 heavy (non-hydrogen) atoms. The highest BCUT2D eigenvalue weighted by molar-refractivity contribution is 5.71. The van der Waals surface area contributed by atoms with Crippen molar-refractivity contribution < 1.29 is 28.6 Å². The Kier molecular flexibility index (Phi) is 62.0. The van der Waals surface area contributed by atoms with Gasteiger partial charge in [0.2, 0.25) is 0 Å². The molecule has 0 bridgehead atoms. The van der Waals surface area contributed by atoms with Crippen molar-refractivity contribution in [3.8, 4) is 0 Å². The third kappa shape index (κ3) is 64.9. The number of ether oxygens (including phenoxy) is 3. The number of carbonyl (C=O) groups is 3. The molecule has 0 aromatic heterocycles. The summed E-state index contributed by atoms with van der Waals surface area (Å²) < 4.78 is 16.8. The van der Waals surface area contributed by atoms with Gasteiger partial charge in [0.05, 0.1) is 0 Å². The summed E-state index contributed by atoms with van der Waals surface area (Å²) in [6.45, 7) is 6.21. The number of allylic oxidation sites excluding steroid dienone is 32. The van der Waals surface area contributed by atoms with Crippen LogP contribution in [0.5, 0.6) is 0 Å². The Morgan fingerprint density at radius 1 is 0.247 bits per heavy atom. The molecule has 450 valence electrons. The normalized spacial score (nSPS) is 13.5. The van der Waals surface area contributed by atoms with Gasteiger partial charge in [-0.3, -0.25) is 14.4 Å². The fourth-order valence-electron chi connectivity index (χ4n) is 7.92. The van der Waals surface area contributed by atoms with E-state index < -0.39 is 6.10 Å². The lowest BCUT2D eigenvalue weighted by molar-refractivity contribution is -0.167. The van der Waals surface area contributed by atoms with Crippen LogP contribution in [0.3, 0.4) is 0 Å². The highest BCUT2D eigenvalue weighted by atomic mass is 16.6. The van der Waals surface area contributed by atoms with Crippen LogP contribution < -0.4 is 0 Å². The Hall–Kier alpha value is -5.75. The molecule has 0 amide bonds. The van der Waals surface area contributed by atoms with Crippen LogP contribution in [-0.2, 0) is 28.6 Å². The molecule has 0 heterocycles. The van der Waals surface area contributed by atoms with Gasteiger partial charge in [-0.15, -0.1) is 0 Å². The quantitative estimate of drug-likeness (QED) is 0.0261. The molecule has 0 saturated carbocycles. The highest BCUT2D eigenvalue weighted by Gasteiger charge is 2.19. The number of carbonyl (C=O) groups excluding carboxylic acids is 3. The molecular weight excluding hydrogens is 997 g/mol. The average Bonchev–Trinajstić information content (AvgIpc) is 3.47. The van der Waals surface area contributed by atoms with E-state index in [1.165, 1.54) is 25.7 Å². The van der Waals surface area contributed by atoms with E-state index in [2.05, 4.69) is 215 Å². The lowest BCUT2D eigenvalue weighted by Gasteiger charge is -2.18. The molecule has 0 aliphatic carbocycles. The van der Waals surface area contributed by atoms with Crippen molar-refractivity contribution in [2.24, 2.45) is 0 Å². The van der Waals surface area contributed by atoms with Gasteiger partial charge in [-0.05, 0) is 154 Å². The minimum Gasteiger partial charge on any atom is -0.462 e. The number of rotatable bonds is 55. The molecule has 0 N–H and O–H groups in total. The van der Waals surface area contributed by atoms with Crippen molar-refractivity contribution in [3.63, 3.8) is 0 Å². The van der Waals surface area contributed by atoms with Crippen LogP contribution >= 0.6 is 0 Å². The number of unbranched alkanes of at least 4 members (excludes halogenated alkanes) is 12. The van der Waals surface area contributed by atoms with Crippen LogP contribution in [0.25, 0.3) is 0 Å². The van der Waals surface area contributed by atoms with Crippen LogP contribution in [0.4, 0.5) is 0 Å². The zero-order valence-corrected chi connectivity index (χ0v) is 51.5. The fourth-order valence-corrected chi connectivity index (χ4v) is 7.92. The smallest absolute Gasteiger partial charge is 0.306 e. The second-order valence-corrected chi connectivity index (χ2v) is 20.2. The summed E-state index contributed by atoms with van der Waals surface area (Å²) in [4.78, 5) is 38.3. The van der Waals surface area contributed by atoms with Gasteiger partial charge in [0.15, 0.2) is 6.10 Å². The lowest BCUT2D eigenvalue weighted by Crippen LogP contribution is -2.30. The SMILES string of the molecule is CC/C=C\C/C=C\C/C=C\C/C=C\C/C=C\C/C=C\C/C=C\C/C=C\C/C=C\CCCC(=O)OCC(COC(=O)CCCCCCCCC/C=C\C/C=C\C/C=C\CC)OC(=O)CCCCCC/C=C\C/C=C\C/C=C\C/C=C\CC. The average molecular weight is 1110 g/mol. The van der Waals surface area contributed by atoms with Gasteiger partial charge in [-0.25, -0.2) is 0 Å². The minimum atomic E-state index is -0.832. The minimum absolute atomic E-state index is 0.122. The summed E-state index contributed by atoms with van der Waals surface area (Å²) in [6.07, 6.45) is 101. The molecule has 0 rings (SSSR count). The third-order valence-corrected chi connectivity index (χ3v) is 12.6. The molecule has 0 radical (unpaired) electrons. The molecule has 6 heteroatoms. The van der Waals surface area contributed by atoms with E-state index in [1.807, 2.05) is 0 Å². The lowest BCUT2D eigenvalue weighted by atomic mass is 10.1. The first-order valence-electron chi connectivity index (χ1n) is 31.9. The molecule has 0 aliphatic heterocycles. The summed E-state index contributed by atoms with van der Waals surface area (Å²) in [7, 11) is 0. The maximum absolute atomic E-state index is 12.9. The van der Waals surface area contributed by atoms with E-state index in [4.69, 9.17) is 14.2 Å². The van der Waals surface area contributed by atoms with Gasteiger partial charge in [0.25, 0.3) is 0 Å². The van der Waals surface area contributed by atoms with E-state index in [1.54, 1.807) is 0 Å². The van der Waals surface area contributed by atoms with Crippen molar-refractivity contribution in [2.45, 2.75) is 245 Å². The van der Waals surface area contributed by atoms with Gasteiger partial charge >= 0.3 is 17.9 Å². The molecule has 0 aromatic rings. The van der Waals surface area contributed by atoms with Crippen molar-refractivity contribution in [1.82, 2.24) is 0 Å². The van der Waals surface area contributed by atoms with Gasteiger partial charge in [-0.1, -0.05) is 260 Å². The second-order valence-electron chi connectivity index (χ2n) is 20.2. The van der Waals surface area contributed by atoms with Crippen LogP contribution in [0, 0.1) is 0 Å². The highest BCUT2D eigenvalue weighted by Crippen LogP contribution is 2.13. The Balaban J connectivity index is 4.54. The summed E-state index contributed by atoms with van der Waals surface area (Å²) in [5.41, 5.74) is 0. The molecular formula is C75H114O6. The van der Waals surface area contributed by atoms with Crippen molar-refractivity contribution in [3.05, 3.63) is 194 Å². The van der Waals surface area contributed by atoms with Crippen molar-refractivity contribution in [2.75, 3.05) is 13.2 Å². The topological polar surface area (TPSA) is 78.9 Å². The maximum Gasteiger partial charge on any atom is 0.306 e. The van der Waals surface area contributed by atoms with E-state index >= 15 is 0 Å². The number of hydrogen-bond acceptors (Lipinski definition) is 6. The molecule has 0 aliphatic rings. The molecule has 0 aromatic carbocycles. The summed E-state index contributed by atoms with van der Waals surface area (Å²) in [6, 6.07) is 0. The van der Waals surface area contributed by atoms with Crippen molar-refractivity contribution >= 4 is 17.9 Å².